The highest BCUT2D eigenvalue weighted by atomic mass is 16.2. The van der Waals surface area contributed by atoms with Crippen LogP contribution in [0.1, 0.15) is 46.1 Å². The van der Waals surface area contributed by atoms with E-state index < -0.39 is 6.04 Å². The Hall–Kier alpha value is -5.38. The van der Waals surface area contributed by atoms with E-state index in [9.17, 15) is 9.59 Å². The van der Waals surface area contributed by atoms with Gasteiger partial charge in [-0.25, -0.2) is 14.5 Å². The number of hydrogen-bond acceptors (Lipinski definition) is 6. The number of carbonyl (C=O) groups excluding carboxylic acids is 1. The first-order valence-corrected chi connectivity index (χ1v) is 12.4. The Balaban J connectivity index is 1.47. The number of rotatable bonds is 6. The lowest BCUT2D eigenvalue weighted by molar-refractivity contribution is 0.0938. The number of fused-ring (bicyclic) bond motifs is 2. The Morgan fingerprint density at radius 1 is 1.03 bits per heavy atom. The van der Waals surface area contributed by atoms with Crippen LogP contribution in [0.25, 0.3) is 34.4 Å². The molecule has 2 N–H and O–H groups in total. The van der Waals surface area contributed by atoms with Crippen LogP contribution in [-0.4, -0.2) is 40.3 Å². The first-order chi connectivity index (χ1) is 19.0. The number of para-hydroxylation sites is 1. The summed E-state index contributed by atoms with van der Waals surface area (Å²) in [6, 6.07) is 17.8. The Labute approximate surface area is 222 Å². The van der Waals surface area contributed by atoms with Gasteiger partial charge in [-0.1, -0.05) is 36.4 Å². The number of nitrogens with zero attached hydrogens (tertiary/aromatic N) is 6. The fraction of sp³-hybridized carbons (Fsp3) is 0.103. The van der Waals surface area contributed by atoms with Crippen LogP contribution in [0.15, 0.2) is 84.0 Å². The number of hydrogen-bond donors (Lipinski definition) is 2. The van der Waals surface area contributed by atoms with Gasteiger partial charge in [0.2, 0.25) is 0 Å². The number of aromatic amines is 1. The van der Waals surface area contributed by atoms with Crippen molar-refractivity contribution in [3.05, 3.63) is 118 Å². The standard InChI is InChI=1S/C29H24N8O2/c1-18-24(27-30-15-7-17-36(27)35-18)28(38)32-19(2)26-33-23-11-6-8-20(12-13-21-14-16-31-34-21)25(23)29(39)37(26)22-9-4-3-5-10-22/h3-17,19H,1-2H3,(H,31,34)(H,32,38)/b13-12+. The van der Waals surface area contributed by atoms with Crippen LogP contribution in [0.5, 0.6) is 0 Å². The minimum Gasteiger partial charge on any atom is -0.342 e. The molecule has 4 heterocycles. The lowest BCUT2D eigenvalue weighted by atomic mass is 10.1. The fourth-order valence-corrected chi connectivity index (χ4v) is 4.66. The smallest absolute Gasteiger partial charge is 0.266 e. The van der Waals surface area contributed by atoms with Crippen molar-refractivity contribution in [3.63, 3.8) is 0 Å². The average molecular weight is 517 g/mol. The largest absolute Gasteiger partial charge is 0.342 e. The first-order valence-electron chi connectivity index (χ1n) is 12.4. The Morgan fingerprint density at radius 3 is 2.67 bits per heavy atom. The van der Waals surface area contributed by atoms with Crippen LogP contribution in [0, 0.1) is 6.92 Å². The van der Waals surface area contributed by atoms with Crippen LogP contribution in [-0.2, 0) is 0 Å². The quantitative estimate of drug-likeness (QED) is 0.343. The number of aryl methyl sites for hydroxylation is 1. The number of benzene rings is 2. The molecule has 6 rings (SSSR count). The number of amides is 1. The number of H-pyrrole nitrogens is 1. The molecule has 0 aliphatic rings. The predicted molar refractivity (Wildman–Crippen MR) is 148 cm³/mol. The third kappa shape index (κ3) is 4.37. The molecular weight excluding hydrogens is 492 g/mol. The maximum atomic E-state index is 14.1. The van der Waals surface area contributed by atoms with E-state index in [0.717, 1.165) is 11.3 Å². The molecule has 1 amide bonds. The Kier molecular flexibility index (Phi) is 6.04. The van der Waals surface area contributed by atoms with Crippen molar-refractivity contribution in [2.45, 2.75) is 19.9 Å². The van der Waals surface area contributed by atoms with Crippen molar-refractivity contribution in [2.75, 3.05) is 0 Å². The molecule has 10 nitrogen and oxygen atoms in total. The molecule has 1 unspecified atom stereocenters. The first kappa shape index (κ1) is 24.0. The van der Waals surface area contributed by atoms with Crippen LogP contribution in [0.3, 0.4) is 0 Å². The normalized spacial score (nSPS) is 12.4. The molecule has 0 aliphatic heterocycles. The molecule has 4 aromatic heterocycles. The van der Waals surface area contributed by atoms with E-state index in [1.165, 1.54) is 0 Å². The van der Waals surface area contributed by atoms with E-state index >= 15 is 0 Å². The number of aromatic nitrogens is 7. The van der Waals surface area contributed by atoms with Crippen molar-refractivity contribution in [1.29, 1.82) is 0 Å². The lowest BCUT2D eigenvalue weighted by Crippen LogP contribution is -2.33. The SMILES string of the molecule is Cc1nn2cccnc2c1C(=O)NC(C)c1nc2cccc(/C=C/c3ccn[nH]3)c2c(=O)n1-c1ccccc1. The molecule has 39 heavy (non-hydrogen) atoms. The lowest BCUT2D eigenvalue weighted by Gasteiger charge is -2.20. The fourth-order valence-electron chi connectivity index (χ4n) is 4.66. The zero-order valence-corrected chi connectivity index (χ0v) is 21.2. The third-order valence-electron chi connectivity index (χ3n) is 6.47. The molecule has 0 saturated heterocycles. The molecule has 0 spiro atoms. The van der Waals surface area contributed by atoms with Gasteiger partial charge in [0.05, 0.1) is 34.0 Å². The molecule has 2 aromatic carbocycles. The monoisotopic (exact) mass is 516 g/mol. The van der Waals surface area contributed by atoms with Crippen molar-refractivity contribution in [3.8, 4) is 5.69 Å². The molecule has 0 radical (unpaired) electrons. The van der Waals surface area contributed by atoms with Crippen LogP contribution >= 0.6 is 0 Å². The summed E-state index contributed by atoms with van der Waals surface area (Å²) in [4.78, 5) is 36.8. The van der Waals surface area contributed by atoms with Gasteiger partial charge in [-0.2, -0.15) is 10.2 Å². The number of nitrogens with one attached hydrogen (secondary N) is 2. The van der Waals surface area contributed by atoms with Crippen LogP contribution < -0.4 is 10.9 Å². The molecule has 6 aromatic rings. The van der Waals surface area contributed by atoms with Gasteiger partial charge in [0.1, 0.15) is 11.4 Å². The van der Waals surface area contributed by atoms with Crippen LogP contribution in [0.4, 0.5) is 0 Å². The maximum Gasteiger partial charge on any atom is 0.266 e. The van der Waals surface area contributed by atoms with E-state index in [-0.39, 0.29) is 11.5 Å². The van der Waals surface area contributed by atoms with E-state index in [1.54, 1.807) is 53.7 Å². The summed E-state index contributed by atoms with van der Waals surface area (Å²) in [6.07, 6.45) is 8.75. The van der Waals surface area contributed by atoms with Gasteiger partial charge < -0.3 is 5.32 Å². The second kappa shape index (κ2) is 9.82. The second-order valence-electron chi connectivity index (χ2n) is 9.08. The van der Waals surface area contributed by atoms with Crippen molar-refractivity contribution in [2.24, 2.45) is 0 Å². The van der Waals surface area contributed by atoms with Crippen molar-refractivity contribution < 1.29 is 4.79 Å². The third-order valence-corrected chi connectivity index (χ3v) is 6.47. The van der Waals surface area contributed by atoms with Gasteiger partial charge in [-0.3, -0.25) is 19.3 Å². The summed E-state index contributed by atoms with van der Waals surface area (Å²) in [5, 5.41) is 14.7. The molecular formula is C29H24N8O2. The van der Waals surface area contributed by atoms with Crippen molar-refractivity contribution >= 4 is 34.6 Å². The molecule has 0 saturated carbocycles. The van der Waals surface area contributed by atoms with Gasteiger partial charge in [0.15, 0.2) is 5.65 Å². The topological polar surface area (TPSA) is 123 Å². The van der Waals surface area contributed by atoms with E-state index in [4.69, 9.17) is 4.98 Å². The summed E-state index contributed by atoms with van der Waals surface area (Å²) >= 11 is 0. The summed E-state index contributed by atoms with van der Waals surface area (Å²) in [5.41, 5.74) is 3.87. The van der Waals surface area contributed by atoms with Gasteiger partial charge in [-0.15, -0.1) is 0 Å². The van der Waals surface area contributed by atoms with Gasteiger partial charge in [0.25, 0.3) is 11.5 Å². The highest BCUT2D eigenvalue weighted by Crippen LogP contribution is 2.22. The molecule has 0 bridgehead atoms. The Morgan fingerprint density at radius 2 is 1.87 bits per heavy atom. The number of carbonyl (C=O) groups is 1. The molecule has 1 atom stereocenters. The van der Waals surface area contributed by atoms with Gasteiger partial charge >= 0.3 is 0 Å². The average Bonchev–Trinajstić information content (AvgIpc) is 3.59. The summed E-state index contributed by atoms with van der Waals surface area (Å²) in [6.45, 7) is 3.57. The maximum absolute atomic E-state index is 14.1. The predicted octanol–water partition coefficient (Wildman–Crippen LogP) is 4.12. The van der Waals surface area contributed by atoms with E-state index in [2.05, 4.69) is 25.6 Å². The Bertz CT molecular complexity index is 1900. The highest BCUT2D eigenvalue weighted by Gasteiger charge is 2.24. The molecule has 10 heteroatoms. The molecule has 192 valence electrons. The summed E-state index contributed by atoms with van der Waals surface area (Å²) < 4.78 is 3.13. The minimum atomic E-state index is -0.614. The molecule has 0 aliphatic carbocycles. The van der Waals surface area contributed by atoms with Crippen molar-refractivity contribution in [1.82, 2.24) is 39.7 Å². The highest BCUT2D eigenvalue weighted by molar-refractivity contribution is 6.01. The molecule has 0 fully saturated rings. The van der Waals surface area contributed by atoms with E-state index in [0.29, 0.717) is 39.3 Å². The summed E-state index contributed by atoms with van der Waals surface area (Å²) in [7, 11) is 0. The zero-order valence-electron chi connectivity index (χ0n) is 21.2. The van der Waals surface area contributed by atoms with E-state index in [1.807, 2.05) is 60.7 Å². The zero-order chi connectivity index (χ0) is 26.9. The van der Waals surface area contributed by atoms with Crippen LogP contribution in [0.2, 0.25) is 0 Å². The summed E-state index contributed by atoms with van der Waals surface area (Å²) in [5.74, 6) is 0.0581. The second-order valence-corrected chi connectivity index (χ2v) is 9.08. The van der Waals surface area contributed by atoms with Gasteiger partial charge in [-0.05, 0) is 55.8 Å². The minimum absolute atomic E-state index is 0.235. The van der Waals surface area contributed by atoms with Gasteiger partial charge in [0, 0.05) is 18.6 Å².